The van der Waals surface area contributed by atoms with Crippen LogP contribution in [0.15, 0.2) is 30.5 Å². The Labute approximate surface area is 126 Å². The monoisotopic (exact) mass is 284 g/mol. The number of nitrogens with one attached hydrogen (secondary N) is 1. The number of hydrogen-bond donors (Lipinski definition) is 1. The fourth-order valence-corrected chi connectivity index (χ4v) is 3.25. The molecule has 1 aliphatic rings. The van der Waals surface area contributed by atoms with Gasteiger partial charge in [0.2, 0.25) is 5.95 Å². The summed E-state index contributed by atoms with van der Waals surface area (Å²) in [5.74, 6) is 0.848. The number of aromatic nitrogens is 2. The summed E-state index contributed by atoms with van der Waals surface area (Å²) >= 11 is 0. The summed E-state index contributed by atoms with van der Waals surface area (Å²) in [6, 6.07) is 9.41. The van der Waals surface area contributed by atoms with Gasteiger partial charge in [-0.05, 0) is 38.3 Å². The van der Waals surface area contributed by atoms with Crippen LogP contribution < -0.4 is 10.2 Å². The van der Waals surface area contributed by atoms with Gasteiger partial charge in [-0.2, -0.15) is 0 Å². The van der Waals surface area contributed by atoms with Crippen LogP contribution in [-0.2, 0) is 0 Å². The van der Waals surface area contributed by atoms with E-state index in [2.05, 4.69) is 41.3 Å². The zero-order valence-electron chi connectivity index (χ0n) is 12.9. The Balaban J connectivity index is 1.70. The fourth-order valence-electron chi connectivity index (χ4n) is 3.25. The van der Waals surface area contributed by atoms with Crippen molar-refractivity contribution < 1.29 is 0 Å². The molecule has 3 rings (SSSR count). The summed E-state index contributed by atoms with van der Waals surface area (Å²) in [6.07, 6.45) is 6.85. The lowest BCUT2D eigenvalue weighted by atomic mass is 9.90. The highest BCUT2D eigenvalue weighted by Gasteiger charge is 2.24. The van der Waals surface area contributed by atoms with E-state index >= 15 is 0 Å². The molecule has 0 amide bonds. The Morgan fingerprint density at radius 3 is 2.71 bits per heavy atom. The third kappa shape index (κ3) is 3.16. The van der Waals surface area contributed by atoms with Gasteiger partial charge in [-0.3, -0.25) is 0 Å². The van der Waals surface area contributed by atoms with Gasteiger partial charge < -0.3 is 10.2 Å². The highest BCUT2D eigenvalue weighted by Crippen LogP contribution is 2.25. The summed E-state index contributed by atoms with van der Waals surface area (Å²) in [7, 11) is 2.13. The van der Waals surface area contributed by atoms with Gasteiger partial charge in [-0.1, -0.05) is 25.1 Å². The number of benzene rings is 1. The van der Waals surface area contributed by atoms with E-state index in [1.807, 2.05) is 18.3 Å². The van der Waals surface area contributed by atoms with Gasteiger partial charge in [-0.15, -0.1) is 0 Å². The smallest absolute Gasteiger partial charge is 0.225 e. The van der Waals surface area contributed by atoms with E-state index in [-0.39, 0.29) is 0 Å². The van der Waals surface area contributed by atoms with Crippen molar-refractivity contribution in [3.05, 3.63) is 30.5 Å². The second kappa shape index (κ2) is 6.39. The first-order chi connectivity index (χ1) is 10.3. The van der Waals surface area contributed by atoms with Crippen molar-refractivity contribution in [3.8, 4) is 0 Å². The van der Waals surface area contributed by atoms with Crippen molar-refractivity contribution in [1.29, 1.82) is 0 Å². The second-order valence-corrected chi connectivity index (χ2v) is 5.90. The van der Waals surface area contributed by atoms with Crippen molar-refractivity contribution in [2.45, 2.75) is 44.7 Å². The molecule has 0 spiro atoms. The predicted molar refractivity (Wildman–Crippen MR) is 87.7 cm³/mol. The summed E-state index contributed by atoms with van der Waals surface area (Å²) in [5, 5.41) is 4.66. The number of fused-ring (bicyclic) bond motifs is 1. The normalized spacial score (nSPS) is 22.4. The van der Waals surface area contributed by atoms with E-state index in [1.165, 1.54) is 25.7 Å². The molecule has 1 aliphatic carbocycles. The van der Waals surface area contributed by atoms with E-state index in [1.54, 1.807) is 0 Å². The standard InChI is InChI=1S/C17H24N4/c1-3-18-14-8-10-15(11-9-14)21(2)17-19-12-13-6-4-5-7-16(13)20-17/h4-7,12,14-15,18H,3,8-11H2,1-2H3. The molecule has 0 bridgehead atoms. The third-order valence-corrected chi connectivity index (χ3v) is 4.53. The van der Waals surface area contributed by atoms with E-state index < -0.39 is 0 Å². The first kappa shape index (κ1) is 14.3. The van der Waals surface area contributed by atoms with Gasteiger partial charge in [0.15, 0.2) is 0 Å². The molecule has 0 atom stereocenters. The maximum atomic E-state index is 4.70. The molecule has 1 saturated carbocycles. The summed E-state index contributed by atoms with van der Waals surface area (Å²) < 4.78 is 0. The predicted octanol–water partition coefficient (Wildman–Crippen LogP) is 2.99. The van der Waals surface area contributed by atoms with Crippen LogP contribution in [0.4, 0.5) is 5.95 Å². The lowest BCUT2D eigenvalue weighted by molar-refractivity contribution is 0.340. The first-order valence-corrected chi connectivity index (χ1v) is 7.96. The molecule has 1 fully saturated rings. The van der Waals surface area contributed by atoms with Crippen LogP contribution in [0.25, 0.3) is 10.9 Å². The van der Waals surface area contributed by atoms with Gasteiger partial charge in [-0.25, -0.2) is 9.97 Å². The molecule has 4 nitrogen and oxygen atoms in total. The second-order valence-electron chi connectivity index (χ2n) is 5.90. The van der Waals surface area contributed by atoms with Crippen LogP contribution in [0.5, 0.6) is 0 Å². The van der Waals surface area contributed by atoms with Crippen LogP contribution in [0.1, 0.15) is 32.6 Å². The fraction of sp³-hybridized carbons (Fsp3) is 0.529. The largest absolute Gasteiger partial charge is 0.341 e. The van der Waals surface area contributed by atoms with Crippen molar-refractivity contribution in [2.75, 3.05) is 18.5 Å². The van der Waals surface area contributed by atoms with E-state index in [0.29, 0.717) is 12.1 Å². The average molecular weight is 284 g/mol. The maximum absolute atomic E-state index is 4.70. The number of rotatable bonds is 4. The van der Waals surface area contributed by atoms with Gasteiger partial charge in [0.1, 0.15) is 0 Å². The molecule has 0 aliphatic heterocycles. The molecule has 1 heterocycles. The number of para-hydroxylation sites is 1. The summed E-state index contributed by atoms with van der Waals surface area (Å²) in [6.45, 7) is 3.25. The van der Waals surface area contributed by atoms with Gasteiger partial charge in [0.05, 0.1) is 5.52 Å². The van der Waals surface area contributed by atoms with Crippen LogP contribution in [0.3, 0.4) is 0 Å². The minimum absolute atomic E-state index is 0.557. The van der Waals surface area contributed by atoms with E-state index in [4.69, 9.17) is 4.98 Å². The SMILES string of the molecule is CCNC1CCC(N(C)c2ncc3ccccc3n2)CC1. The molecular weight excluding hydrogens is 260 g/mol. The zero-order chi connectivity index (χ0) is 14.7. The molecule has 112 valence electrons. The molecule has 0 unspecified atom stereocenters. The molecule has 1 N–H and O–H groups in total. The van der Waals surface area contributed by atoms with E-state index in [9.17, 15) is 0 Å². The van der Waals surface area contributed by atoms with Crippen molar-refractivity contribution in [2.24, 2.45) is 0 Å². The summed E-state index contributed by atoms with van der Waals surface area (Å²) in [4.78, 5) is 11.5. The zero-order valence-corrected chi connectivity index (χ0v) is 12.9. The minimum atomic E-state index is 0.557. The number of nitrogens with zero attached hydrogens (tertiary/aromatic N) is 3. The molecule has 2 aromatic rings. The topological polar surface area (TPSA) is 41.0 Å². The Morgan fingerprint density at radius 1 is 1.19 bits per heavy atom. The van der Waals surface area contributed by atoms with Gasteiger partial charge in [0.25, 0.3) is 0 Å². The highest BCUT2D eigenvalue weighted by atomic mass is 15.2. The lowest BCUT2D eigenvalue weighted by Gasteiger charge is -2.35. The van der Waals surface area contributed by atoms with Gasteiger partial charge >= 0.3 is 0 Å². The molecule has 1 aromatic heterocycles. The maximum Gasteiger partial charge on any atom is 0.225 e. The molecule has 0 saturated heterocycles. The first-order valence-electron chi connectivity index (χ1n) is 7.96. The lowest BCUT2D eigenvalue weighted by Crippen LogP contribution is -2.41. The van der Waals surface area contributed by atoms with Crippen molar-refractivity contribution in [1.82, 2.24) is 15.3 Å². The van der Waals surface area contributed by atoms with Crippen LogP contribution in [0, 0.1) is 0 Å². The molecular formula is C17H24N4. The Morgan fingerprint density at radius 2 is 1.95 bits per heavy atom. The third-order valence-electron chi connectivity index (χ3n) is 4.53. The number of anilines is 1. The quantitative estimate of drug-likeness (QED) is 0.937. The molecule has 21 heavy (non-hydrogen) atoms. The van der Waals surface area contributed by atoms with E-state index in [0.717, 1.165) is 23.4 Å². The Hall–Kier alpha value is -1.68. The Kier molecular flexibility index (Phi) is 4.34. The Bertz CT molecular complexity index is 590. The molecule has 4 heteroatoms. The summed E-state index contributed by atoms with van der Waals surface area (Å²) in [5.41, 5.74) is 1.02. The van der Waals surface area contributed by atoms with Crippen molar-refractivity contribution in [3.63, 3.8) is 0 Å². The van der Waals surface area contributed by atoms with Gasteiger partial charge in [0, 0.05) is 30.7 Å². The van der Waals surface area contributed by atoms with Crippen LogP contribution in [-0.4, -0.2) is 35.6 Å². The average Bonchev–Trinajstić information content (AvgIpc) is 2.55. The van der Waals surface area contributed by atoms with Crippen LogP contribution >= 0.6 is 0 Å². The van der Waals surface area contributed by atoms with Crippen LogP contribution in [0.2, 0.25) is 0 Å². The molecule has 0 radical (unpaired) electrons. The minimum Gasteiger partial charge on any atom is -0.341 e. The number of hydrogen-bond acceptors (Lipinski definition) is 4. The highest BCUT2D eigenvalue weighted by molar-refractivity contribution is 5.78. The molecule has 1 aromatic carbocycles. The van der Waals surface area contributed by atoms with Crippen molar-refractivity contribution >= 4 is 16.9 Å².